The van der Waals surface area contributed by atoms with E-state index in [1.54, 1.807) is 6.07 Å². The summed E-state index contributed by atoms with van der Waals surface area (Å²) in [6, 6.07) is 13.6. The van der Waals surface area contributed by atoms with Gasteiger partial charge in [0.15, 0.2) is 0 Å². The minimum atomic E-state index is -0.411. The lowest BCUT2D eigenvalue weighted by Gasteiger charge is -2.30. The largest absolute Gasteiger partial charge is 0.508 e. The van der Waals surface area contributed by atoms with Gasteiger partial charge >= 0.3 is 0 Å². The summed E-state index contributed by atoms with van der Waals surface area (Å²) in [5.74, 6) is 0.269. The summed E-state index contributed by atoms with van der Waals surface area (Å²) in [6.45, 7) is 0.568. The van der Waals surface area contributed by atoms with Crippen LogP contribution >= 0.6 is 15.9 Å². The van der Waals surface area contributed by atoms with Crippen molar-refractivity contribution in [1.29, 1.82) is 0 Å². The molecule has 1 aliphatic rings. The van der Waals surface area contributed by atoms with Crippen molar-refractivity contribution in [3.8, 4) is 5.75 Å². The molecule has 2 aromatic rings. The Bertz CT molecular complexity index is 659. The first kappa shape index (κ1) is 14.6. The Morgan fingerprint density at radius 3 is 2.81 bits per heavy atom. The van der Waals surface area contributed by atoms with Crippen molar-refractivity contribution in [2.75, 3.05) is 6.61 Å². The van der Waals surface area contributed by atoms with Gasteiger partial charge in [0.1, 0.15) is 5.75 Å². The maximum Gasteiger partial charge on any atom is 0.120 e. The summed E-state index contributed by atoms with van der Waals surface area (Å²) < 4.78 is 0.932. The van der Waals surface area contributed by atoms with Crippen LogP contribution in [0.1, 0.15) is 23.1 Å². The zero-order chi connectivity index (χ0) is 14.9. The van der Waals surface area contributed by atoms with Crippen molar-refractivity contribution < 1.29 is 10.2 Å². The first-order chi connectivity index (χ1) is 10.1. The third-order valence-electron chi connectivity index (χ3n) is 4.28. The summed E-state index contributed by atoms with van der Waals surface area (Å²) >= 11 is 3.42. The van der Waals surface area contributed by atoms with E-state index in [4.69, 9.17) is 0 Å². The normalized spacial score (nSPS) is 20.5. The third-order valence-corrected chi connectivity index (χ3v) is 4.78. The molecule has 3 N–H and O–H groups in total. The number of aliphatic hydroxyl groups is 1. The van der Waals surface area contributed by atoms with Crippen LogP contribution in [-0.4, -0.2) is 16.8 Å². The average molecular weight is 348 g/mol. The molecule has 0 fully saturated rings. The molecule has 1 aliphatic carbocycles. The van der Waals surface area contributed by atoms with E-state index in [1.165, 1.54) is 11.1 Å². The van der Waals surface area contributed by atoms with Gasteiger partial charge in [0.2, 0.25) is 0 Å². The predicted molar refractivity (Wildman–Crippen MR) is 86.2 cm³/mol. The van der Waals surface area contributed by atoms with E-state index in [0.29, 0.717) is 6.54 Å². The number of phenols is 1. The minimum Gasteiger partial charge on any atom is -0.508 e. The summed E-state index contributed by atoms with van der Waals surface area (Å²) in [5.41, 5.74) is 2.87. The van der Waals surface area contributed by atoms with Crippen LogP contribution in [0.15, 0.2) is 46.9 Å². The van der Waals surface area contributed by atoms with Crippen LogP contribution in [0, 0.1) is 0 Å². The Morgan fingerprint density at radius 1 is 1.19 bits per heavy atom. The van der Waals surface area contributed by atoms with E-state index in [-0.39, 0.29) is 12.4 Å². The van der Waals surface area contributed by atoms with Crippen LogP contribution in [0.3, 0.4) is 0 Å². The fraction of sp³-hybridized carbons (Fsp3) is 0.294. The van der Waals surface area contributed by atoms with Gasteiger partial charge in [-0.3, -0.25) is 0 Å². The van der Waals surface area contributed by atoms with E-state index in [0.717, 1.165) is 22.9 Å². The van der Waals surface area contributed by atoms with Gasteiger partial charge in [0.05, 0.1) is 12.1 Å². The Labute approximate surface area is 132 Å². The zero-order valence-electron chi connectivity index (χ0n) is 11.6. The molecular weight excluding hydrogens is 330 g/mol. The maximum absolute atomic E-state index is 9.94. The molecule has 110 valence electrons. The maximum atomic E-state index is 9.94. The SMILES string of the molecule is OCC1(NCc2cc(Br)ccc2O)CCc2ccccc21. The van der Waals surface area contributed by atoms with Gasteiger partial charge in [0.25, 0.3) is 0 Å². The number of fused-ring (bicyclic) bond motifs is 1. The Kier molecular flexibility index (Phi) is 4.02. The topological polar surface area (TPSA) is 52.5 Å². The number of aryl methyl sites for hydroxylation is 1. The van der Waals surface area contributed by atoms with Crippen LogP contribution in [0.2, 0.25) is 0 Å². The molecular formula is C17H18BrNO2. The lowest BCUT2D eigenvalue weighted by molar-refractivity contribution is 0.158. The Morgan fingerprint density at radius 2 is 2.00 bits per heavy atom. The predicted octanol–water partition coefficient (Wildman–Crippen LogP) is 3.08. The highest BCUT2D eigenvalue weighted by atomic mass is 79.9. The smallest absolute Gasteiger partial charge is 0.120 e. The number of aliphatic hydroxyl groups excluding tert-OH is 1. The van der Waals surface area contributed by atoms with Gasteiger partial charge < -0.3 is 15.5 Å². The minimum absolute atomic E-state index is 0.0543. The van der Waals surface area contributed by atoms with Crippen LogP contribution in [0.5, 0.6) is 5.75 Å². The molecule has 0 saturated heterocycles. The van der Waals surface area contributed by atoms with Crippen molar-refractivity contribution in [3.63, 3.8) is 0 Å². The van der Waals surface area contributed by atoms with Crippen LogP contribution < -0.4 is 5.32 Å². The van der Waals surface area contributed by atoms with E-state index in [1.807, 2.05) is 24.3 Å². The van der Waals surface area contributed by atoms with E-state index < -0.39 is 5.54 Å². The molecule has 3 nitrogen and oxygen atoms in total. The van der Waals surface area contributed by atoms with Crippen molar-refractivity contribution in [3.05, 3.63) is 63.6 Å². The zero-order valence-corrected chi connectivity index (χ0v) is 13.2. The lowest BCUT2D eigenvalue weighted by atomic mass is 9.92. The van der Waals surface area contributed by atoms with Gasteiger partial charge in [-0.25, -0.2) is 0 Å². The number of aromatic hydroxyl groups is 1. The molecule has 0 radical (unpaired) electrons. The standard InChI is InChI=1S/C17H18BrNO2/c18-14-5-6-16(21)13(9-14)10-19-17(11-20)8-7-12-3-1-2-4-15(12)17/h1-6,9,19-21H,7-8,10-11H2. The number of halogens is 1. The molecule has 4 heteroatoms. The molecule has 2 aromatic carbocycles. The van der Waals surface area contributed by atoms with E-state index in [2.05, 4.69) is 33.4 Å². The highest BCUT2D eigenvalue weighted by Gasteiger charge is 2.37. The van der Waals surface area contributed by atoms with Crippen LogP contribution in [0.25, 0.3) is 0 Å². The second kappa shape index (κ2) is 5.79. The van der Waals surface area contributed by atoms with Crippen LogP contribution in [0.4, 0.5) is 0 Å². The number of benzene rings is 2. The Hall–Kier alpha value is -1.36. The monoisotopic (exact) mass is 347 g/mol. The fourth-order valence-corrected chi connectivity index (χ4v) is 3.46. The Balaban J connectivity index is 1.85. The summed E-state index contributed by atoms with van der Waals surface area (Å²) in [6.07, 6.45) is 1.84. The summed E-state index contributed by atoms with van der Waals surface area (Å²) in [5, 5.41) is 23.3. The number of rotatable bonds is 4. The van der Waals surface area contributed by atoms with Gasteiger partial charge in [-0.2, -0.15) is 0 Å². The van der Waals surface area contributed by atoms with E-state index >= 15 is 0 Å². The molecule has 0 heterocycles. The molecule has 0 spiro atoms. The first-order valence-electron chi connectivity index (χ1n) is 7.06. The van der Waals surface area contributed by atoms with Crippen molar-refractivity contribution in [1.82, 2.24) is 5.32 Å². The van der Waals surface area contributed by atoms with E-state index in [9.17, 15) is 10.2 Å². The molecule has 0 amide bonds. The van der Waals surface area contributed by atoms with Gasteiger partial charge in [-0.1, -0.05) is 40.2 Å². The molecule has 1 atom stereocenters. The molecule has 0 bridgehead atoms. The molecule has 21 heavy (non-hydrogen) atoms. The van der Waals surface area contributed by atoms with Crippen molar-refractivity contribution in [2.24, 2.45) is 0 Å². The quantitative estimate of drug-likeness (QED) is 0.796. The number of hydrogen-bond donors (Lipinski definition) is 3. The number of hydrogen-bond acceptors (Lipinski definition) is 3. The number of nitrogens with one attached hydrogen (secondary N) is 1. The molecule has 0 saturated carbocycles. The first-order valence-corrected chi connectivity index (χ1v) is 7.85. The van der Waals surface area contributed by atoms with Gasteiger partial charge in [0, 0.05) is 16.6 Å². The third kappa shape index (κ3) is 2.71. The van der Waals surface area contributed by atoms with Gasteiger partial charge in [-0.05, 0) is 42.2 Å². The fourth-order valence-electron chi connectivity index (χ4n) is 3.05. The summed E-state index contributed by atoms with van der Waals surface area (Å²) in [7, 11) is 0. The molecule has 3 rings (SSSR count). The highest BCUT2D eigenvalue weighted by Crippen LogP contribution is 2.37. The highest BCUT2D eigenvalue weighted by molar-refractivity contribution is 9.10. The van der Waals surface area contributed by atoms with Gasteiger partial charge in [-0.15, -0.1) is 0 Å². The second-order valence-electron chi connectivity index (χ2n) is 5.52. The second-order valence-corrected chi connectivity index (χ2v) is 6.44. The molecule has 1 unspecified atom stereocenters. The van der Waals surface area contributed by atoms with Crippen molar-refractivity contribution >= 4 is 15.9 Å². The lowest BCUT2D eigenvalue weighted by Crippen LogP contribution is -2.43. The van der Waals surface area contributed by atoms with Crippen molar-refractivity contribution in [2.45, 2.75) is 24.9 Å². The molecule has 0 aliphatic heterocycles. The summed E-state index contributed by atoms with van der Waals surface area (Å²) in [4.78, 5) is 0. The van der Waals surface area contributed by atoms with Crippen LogP contribution in [-0.2, 0) is 18.5 Å². The number of phenolic OH excluding ortho intramolecular Hbond substituents is 1. The molecule has 0 aromatic heterocycles. The average Bonchev–Trinajstić information content (AvgIpc) is 2.88.